The Hall–Kier alpha value is -1.89. The van der Waals surface area contributed by atoms with Crippen LogP contribution in [0.15, 0.2) is 34.8 Å². The zero-order valence-electron chi connectivity index (χ0n) is 20.6. The molecule has 0 radical (unpaired) electrons. The number of aliphatic carboxylic acids is 1. The number of hydrogen-bond donors (Lipinski definition) is 2. The van der Waals surface area contributed by atoms with E-state index in [0.717, 1.165) is 22.4 Å². The smallest absolute Gasteiger partial charge is 0.313 e. The van der Waals surface area contributed by atoms with Gasteiger partial charge in [0.25, 0.3) is 0 Å². The standard InChI is InChI=1S/C25H36N2O4.2ClH/c1-15(2)12-19-18(13-26)20(17-10-8-16(3)9-11-17)21(22(28)29)25(7,27-19)14-31-23(30)24(4,5)6;;/h8-11,15,21H,12-14,26H2,1-7H3,(H,28,29);2*1H. The van der Waals surface area contributed by atoms with Crippen LogP contribution in [-0.2, 0) is 14.3 Å². The Bertz CT molecular complexity index is 902. The SMILES string of the molecule is Cc1ccc(C2=C(CN)C(CC(C)C)=NC(C)(COC(=O)C(C)(C)C)C2C(=O)O)cc1.Cl.Cl. The monoisotopic (exact) mass is 500 g/mol. The highest BCUT2D eigenvalue weighted by Gasteiger charge is 2.48. The molecule has 2 unspecified atom stereocenters. The van der Waals surface area contributed by atoms with Gasteiger partial charge in [0.2, 0.25) is 0 Å². The zero-order chi connectivity index (χ0) is 23.6. The summed E-state index contributed by atoms with van der Waals surface area (Å²) in [4.78, 5) is 29.9. The van der Waals surface area contributed by atoms with Gasteiger partial charge in [0.1, 0.15) is 18.1 Å². The van der Waals surface area contributed by atoms with Gasteiger partial charge in [-0.3, -0.25) is 14.6 Å². The molecule has 2 atom stereocenters. The Morgan fingerprint density at radius 1 is 1.18 bits per heavy atom. The van der Waals surface area contributed by atoms with Gasteiger partial charge in [0, 0.05) is 12.3 Å². The fourth-order valence-corrected chi connectivity index (χ4v) is 3.87. The van der Waals surface area contributed by atoms with Crippen molar-refractivity contribution in [2.75, 3.05) is 13.2 Å². The summed E-state index contributed by atoms with van der Waals surface area (Å²) in [6.45, 7) is 13.3. The number of carboxylic acid groups (broad SMARTS) is 1. The van der Waals surface area contributed by atoms with Gasteiger partial charge in [-0.2, -0.15) is 0 Å². The summed E-state index contributed by atoms with van der Waals surface area (Å²) in [6, 6.07) is 7.77. The third kappa shape index (κ3) is 7.29. The van der Waals surface area contributed by atoms with Gasteiger partial charge in [-0.15, -0.1) is 24.8 Å². The van der Waals surface area contributed by atoms with Crippen molar-refractivity contribution in [3.05, 3.63) is 41.0 Å². The maximum absolute atomic E-state index is 12.6. The second-order valence-electron chi connectivity index (χ2n) is 10.1. The van der Waals surface area contributed by atoms with Crippen LogP contribution in [0.1, 0.15) is 59.1 Å². The van der Waals surface area contributed by atoms with Crippen LogP contribution >= 0.6 is 24.8 Å². The number of benzene rings is 1. The number of halogens is 2. The molecule has 0 bridgehead atoms. The molecule has 0 spiro atoms. The maximum atomic E-state index is 12.6. The van der Waals surface area contributed by atoms with Crippen LogP contribution < -0.4 is 5.73 Å². The minimum atomic E-state index is -1.14. The van der Waals surface area contributed by atoms with E-state index in [1.54, 1.807) is 27.7 Å². The molecule has 8 heteroatoms. The number of carbonyl (C=O) groups is 2. The lowest BCUT2D eigenvalue weighted by Gasteiger charge is -2.39. The highest BCUT2D eigenvalue weighted by molar-refractivity contribution is 6.11. The molecule has 3 N–H and O–H groups in total. The molecule has 0 aromatic heterocycles. The van der Waals surface area contributed by atoms with Crippen molar-refractivity contribution < 1.29 is 19.4 Å². The first-order chi connectivity index (χ1) is 14.3. The van der Waals surface area contributed by atoms with Crippen LogP contribution in [0.2, 0.25) is 0 Å². The Morgan fingerprint density at radius 2 is 1.73 bits per heavy atom. The van der Waals surface area contributed by atoms with E-state index in [4.69, 9.17) is 15.5 Å². The molecule has 0 fully saturated rings. The maximum Gasteiger partial charge on any atom is 0.313 e. The van der Waals surface area contributed by atoms with Crippen LogP contribution in [0.5, 0.6) is 0 Å². The number of nitrogens with zero attached hydrogens (tertiary/aromatic N) is 1. The van der Waals surface area contributed by atoms with Gasteiger partial charge < -0.3 is 15.6 Å². The summed E-state index contributed by atoms with van der Waals surface area (Å²) >= 11 is 0. The first-order valence-corrected chi connectivity index (χ1v) is 10.8. The molecule has 0 saturated carbocycles. The van der Waals surface area contributed by atoms with E-state index < -0.39 is 22.8 Å². The largest absolute Gasteiger partial charge is 0.481 e. The average Bonchev–Trinajstić information content (AvgIpc) is 2.64. The molecule has 1 aromatic rings. The Balaban J connectivity index is 0.00000512. The molecule has 6 nitrogen and oxygen atoms in total. The van der Waals surface area contributed by atoms with E-state index in [9.17, 15) is 14.7 Å². The van der Waals surface area contributed by atoms with Gasteiger partial charge in [0.05, 0.1) is 5.41 Å². The summed E-state index contributed by atoms with van der Waals surface area (Å²) in [5.74, 6) is -2.08. The van der Waals surface area contributed by atoms with Crippen molar-refractivity contribution in [1.82, 2.24) is 0 Å². The second kappa shape index (κ2) is 12.0. The summed E-state index contributed by atoms with van der Waals surface area (Å²) in [5.41, 5.74) is 8.42. The second-order valence-corrected chi connectivity index (χ2v) is 10.1. The molecular formula is C25H38Cl2N2O4. The van der Waals surface area contributed by atoms with Crippen molar-refractivity contribution in [1.29, 1.82) is 0 Å². The number of rotatable bonds is 7. The molecule has 1 aromatic carbocycles. The summed E-state index contributed by atoms with van der Waals surface area (Å²) in [5, 5.41) is 10.3. The van der Waals surface area contributed by atoms with Crippen LogP contribution in [0.3, 0.4) is 0 Å². The third-order valence-corrected chi connectivity index (χ3v) is 5.50. The number of carbonyl (C=O) groups excluding carboxylic acids is 1. The summed E-state index contributed by atoms with van der Waals surface area (Å²) < 4.78 is 5.59. The Kier molecular flexibility index (Phi) is 11.3. The summed E-state index contributed by atoms with van der Waals surface area (Å²) in [6.07, 6.45) is 0.664. The first kappa shape index (κ1) is 31.1. The first-order valence-electron chi connectivity index (χ1n) is 10.8. The van der Waals surface area contributed by atoms with Crippen molar-refractivity contribution in [2.24, 2.45) is 28.0 Å². The molecule has 0 aliphatic carbocycles. The molecular weight excluding hydrogens is 463 g/mol. The van der Waals surface area contributed by atoms with Gasteiger partial charge in [-0.05, 0) is 63.7 Å². The van der Waals surface area contributed by atoms with Crippen molar-refractivity contribution in [3.8, 4) is 0 Å². The predicted molar refractivity (Wildman–Crippen MR) is 138 cm³/mol. The lowest BCUT2D eigenvalue weighted by molar-refractivity contribution is -0.157. The fraction of sp³-hybridized carbons (Fsp3) is 0.560. The van der Waals surface area contributed by atoms with E-state index in [1.807, 2.05) is 31.2 Å². The number of hydrogen-bond acceptors (Lipinski definition) is 5. The van der Waals surface area contributed by atoms with Gasteiger partial charge >= 0.3 is 11.9 Å². The number of nitrogens with two attached hydrogens (primary N) is 1. The molecule has 2 rings (SSSR count). The van der Waals surface area contributed by atoms with Crippen molar-refractivity contribution in [3.63, 3.8) is 0 Å². The fourth-order valence-electron chi connectivity index (χ4n) is 3.87. The normalized spacial score (nSPS) is 20.5. The molecule has 1 heterocycles. The van der Waals surface area contributed by atoms with Crippen LogP contribution in [-0.4, -0.2) is 41.4 Å². The molecule has 33 heavy (non-hydrogen) atoms. The van der Waals surface area contributed by atoms with E-state index in [1.165, 1.54) is 0 Å². The number of dihydropyridines is 1. The number of aliphatic imine (C=N–C) groups is 1. The van der Waals surface area contributed by atoms with Gasteiger partial charge in [0.15, 0.2) is 0 Å². The average molecular weight is 501 g/mol. The topological polar surface area (TPSA) is 102 Å². The van der Waals surface area contributed by atoms with Crippen LogP contribution in [0, 0.1) is 24.2 Å². The molecule has 1 aliphatic rings. The number of aryl methyl sites for hydroxylation is 1. The third-order valence-electron chi connectivity index (χ3n) is 5.50. The summed E-state index contributed by atoms with van der Waals surface area (Å²) in [7, 11) is 0. The number of esters is 1. The number of ether oxygens (including phenoxy) is 1. The lowest BCUT2D eigenvalue weighted by Crippen LogP contribution is -2.48. The number of carboxylic acids is 1. The van der Waals surface area contributed by atoms with Crippen LogP contribution in [0.25, 0.3) is 5.57 Å². The van der Waals surface area contributed by atoms with Gasteiger partial charge in [-0.1, -0.05) is 43.7 Å². The van der Waals surface area contributed by atoms with E-state index in [-0.39, 0.29) is 43.9 Å². The lowest BCUT2D eigenvalue weighted by atomic mass is 9.72. The van der Waals surface area contributed by atoms with Crippen molar-refractivity contribution in [2.45, 2.75) is 60.4 Å². The molecule has 186 valence electrons. The predicted octanol–water partition coefficient (Wildman–Crippen LogP) is 5.10. The highest BCUT2D eigenvalue weighted by Crippen LogP contribution is 2.42. The quantitative estimate of drug-likeness (QED) is 0.506. The Labute approximate surface area is 209 Å². The molecule has 0 saturated heterocycles. The molecule has 1 aliphatic heterocycles. The van der Waals surface area contributed by atoms with Crippen molar-refractivity contribution >= 4 is 48.0 Å². The van der Waals surface area contributed by atoms with Gasteiger partial charge in [-0.25, -0.2) is 0 Å². The van der Waals surface area contributed by atoms with E-state index in [0.29, 0.717) is 17.9 Å². The van der Waals surface area contributed by atoms with Crippen LogP contribution in [0.4, 0.5) is 0 Å². The van der Waals surface area contributed by atoms with E-state index in [2.05, 4.69) is 13.8 Å². The molecule has 0 amide bonds. The zero-order valence-corrected chi connectivity index (χ0v) is 22.2. The highest BCUT2D eigenvalue weighted by atomic mass is 35.5. The Morgan fingerprint density at radius 3 is 2.15 bits per heavy atom. The minimum Gasteiger partial charge on any atom is -0.481 e. The van der Waals surface area contributed by atoms with E-state index >= 15 is 0 Å². The minimum absolute atomic E-state index is 0.